The molecule has 0 aliphatic heterocycles. The average Bonchev–Trinajstić information content (AvgIpc) is 3.51. The van der Waals surface area contributed by atoms with E-state index in [0.29, 0.717) is 29.9 Å². The molecule has 11 heteroatoms. The number of aliphatic hydroxyl groups excluding tert-OH is 1. The second-order valence-electron chi connectivity index (χ2n) is 15.6. The highest BCUT2D eigenvalue weighted by molar-refractivity contribution is 6.74. The summed E-state index contributed by atoms with van der Waals surface area (Å²) in [4.78, 5) is 37.3. The van der Waals surface area contributed by atoms with Gasteiger partial charge >= 0.3 is 0 Å². The first-order valence-corrected chi connectivity index (χ1v) is 20.3. The molecule has 1 fully saturated rings. The van der Waals surface area contributed by atoms with Gasteiger partial charge in [0, 0.05) is 17.7 Å². The van der Waals surface area contributed by atoms with Crippen LogP contribution in [0, 0.1) is 11.8 Å². The summed E-state index contributed by atoms with van der Waals surface area (Å²) >= 11 is 0. The molecule has 0 spiro atoms. The Labute approximate surface area is 299 Å². The fraction of sp³-hybridized carbons (Fsp3) is 0.400. The zero-order valence-corrected chi connectivity index (χ0v) is 31.2. The second kappa shape index (κ2) is 12.9. The van der Waals surface area contributed by atoms with Crippen molar-refractivity contribution in [1.82, 2.24) is 15.0 Å². The van der Waals surface area contributed by atoms with Crippen LogP contribution in [-0.4, -0.2) is 59.7 Å². The van der Waals surface area contributed by atoms with Gasteiger partial charge in [0.15, 0.2) is 19.7 Å². The molecule has 7 rings (SSSR count). The predicted octanol–water partition coefficient (Wildman–Crippen LogP) is 7.52. The van der Waals surface area contributed by atoms with Gasteiger partial charge in [-0.05, 0) is 72.8 Å². The Morgan fingerprint density at radius 2 is 1.55 bits per heavy atom. The molecule has 51 heavy (non-hydrogen) atoms. The molecule has 0 bridgehead atoms. The van der Waals surface area contributed by atoms with Gasteiger partial charge in [-0.2, -0.15) is 0 Å². The van der Waals surface area contributed by atoms with Crippen molar-refractivity contribution in [2.75, 3.05) is 14.1 Å². The summed E-state index contributed by atoms with van der Waals surface area (Å²) in [5.74, 6) is -1.56. The molecule has 4 atom stereocenters. The van der Waals surface area contributed by atoms with E-state index in [1.54, 1.807) is 12.4 Å². The van der Waals surface area contributed by atoms with Gasteiger partial charge in [-0.15, -0.1) is 0 Å². The van der Waals surface area contributed by atoms with Crippen LogP contribution in [0.25, 0.3) is 5.76 Å². The van der Waals surface area contributed by atoms with E-state index >= 15 is 9.59 Å². The summed E-state index contributed by atoms with van der Waals surface area (Å²) < 4.78 is 25.5. The van der Waals surface area contributed by atoms with Crippen molar-refractivity contribution in [2.24, 2.45) is 11.8 Å². The van der Waals surface area contributed by atoms with Crippen LogP contribution in [-0.2, 0) is 28.9 Å². The zero-order chi connectivity index (χ0) is 36.3. The summed E-state index contributed by atoms with van der Waals surface area (Å²) in [5.41, 5.74) is 1.37. The standard InChI is InChI=1S/C40H45N3O7Si/c1-39(2,3)51(6,7)50-40-28(33(43(4)5)35-32(37(40)46)38(42-49-35)48-23-25-16-12-9-13-17-25)19-26-18-27-20-41-21-29(30(27)34(44)31(26)36(40)45)47-22-24-14-10-8-11-15-24/h8-17,20-21,26,28,33,44H,18-19,22-23H2,1-7H3/t26-,28-,33-,40-/m0/s1. The molecule has 10 nitrogen and oxygen atoms in total. The number of hydrogen-bond acceptors (Lipinski definition) is 10. The van der Waals surface area contributed by atoms with E-state index in [1.165, 1.54) is 0 Å². The molecular formula is C40H45N3O7Si. The smallest absolute Gasteiger partial charge is 0.265 e. The SMILES string of the molecule is CN(C)[C@@H]1c2onc(OCc3ccccc3)c2C(=O)[C@@]2(O[Si](C)(C)C(C)(C)C)C(=O)C3=C(O)c4c(cncc4OCc4ccccc4)C[C@H]3C[C@@H]12. The maximum Gasteiger partial charge on any atom is 0.265 e. The van der Waals surface area contributed by atoms with Crippen molar-refractivity contribution < 1.29 is 33.1 Å². The van der Waals surface area contributed by atoms with Crippen molar-refractivity contribution in [2.45, 2.75) is 76.6 Å². The van der Waals surface area contributed by atoms with E-state index in [2.05, 4.69) is 30.9 Å². The summed E-state index contributed by atoms with van der Waals surface area (Å²) in [6.07, 6.45) is 4.09. The first-order valence-electron chi connectivity index (χ1n) is 17.4. The summed E-state index contributed by atoms with van der Waals surface area (Å²) in [5, 5.41) is 16.1. The van der Waals surface area contributed by atoms with Gasteiger partial charge in [-0.1, -0.05) is 81.4 Å². The van der Waals surface area contributed by atoms with E-state index in [9.17, 15) is 5.11 Å². The van der Waals surface area contributed by atoms with Gasteiger partial charge in [-0.3, -0.25) is 19.5 Å². The lowest BCUT2D eigenvalue weighted by Gasteiger charge is -2.55. The summed E-state index contributed by atoms with van der Waals surface area (Å²) in [6, 6.07) is 18.7. The van der Waals surface area contributed by atoms with Crippen molar-refractivity contribution in [3.63, 3.8) is 0 Å². The Balaban J connectivity index is 1.38. The van der Waals surface area contributed by atoms with Crippen LogP contribution < -0.4 is 9.47 Å². The van der Waals surface area contributed by atoms with E-state index in [1.807, 2.05) is 92.8 Å². The first kappa shape index (κ1) is 34.8. The summed E-state index contributed by atoms with van der Waals surface area (Å²) in [6.45, 7) is 10.7. The van der Waals surface area contributed by atoms with Crippen LogP contribution in [0.5, 0.6) is 11.6 Å². The molecule has 266 valence electrons. The molecule has 3 aliphatic rings. The van der Waals surface area contributed by atoms with Crippen LogP contribution in [0.4, 0.5) is 0 Å². The van der Waals surface area contributed by atoms with Gasteiger partial charge in [0.05, 0.1) is 17.8 Å². The van der Waals surface area contributed by atoms with Crippen LogP contribution in [0.3, 0.4) is 0 Å². The van der Waals surface area contributed by atoms with E-state index in [0.717, 1.165) is 16.7 Å². The normalized spacial score (nSPS) is 23.0. The van der Waals surface area contributed by atoms with Crippen LogP contribution >= 0.6 is 0 Å². The lowest BCUT2D eigenvalue weighted by molar-refractivity contribution is -0.140. The Morgan fingerprint density at radius 1 is 0.922 bits per heavy atom. The number of carbonyl (C=O) groups excluding carboxylic acids is 2. The van der Waals surface area contributed by atoms with Gasteiger partial charge in [0.25, 0.3) is 5.88 Å². The van der Waals surface area contributed by atoms with Gasteiger partial charge in [0.2, 0.25) is 11.6 Å². The third-order valence-corrected chi connectivity index (χ3v) is 15.6. The molecule has 0 amide bonds. The predicted molar refractivity (Wildman–Crippen MR) is 194 cm³/mol. The number of aromatic nitrogens is 2. The van der Waals surface area contributed by atoms with Crippen LogP contribution in [0.1, 0.15) is 71.6 Å². The zero-order valence-electron chi connectivity index (χ0n) is 30.2. The number of fused-ring (bicyclic) bond motifs is 4. The number of pyridine rings is 1. The van der Waals surface area contributed by atoms with Gasteiger partial charge in [-0.25, -0.2) is 0 Å². The maximum absolute atomic E-state index is 15.5. The van der Waals surface area contributed by atoms with E-state index < -0.39 is 43.4 Å². The van der Waals surface area contributed by atoms with Crippen molar-refractivity contribution in [1.29, 1.82) is 0 Å². The fourth-order valence-electron chi connectivity index (χ4n) is 7.61. The number of benzene rings is 2. The minimum atomic E-state index is -2.85. The number of aliphatic hydroxyl groups is 1. The van der Waals surface area contributed by atoms with Crippen molar-refractivity contribution in [3.8, 4) is 11.6 Å². The number of Topliss-reactive ketones (excluding diaryl/α,β-unsaturated/α-hetero) is 2. The molecule has 1 saturated carbocycles. The minimum Gasteiger partial charge on any atom is -0.507 e. The molecule has 0 unspecified atom stereocenters. The molecule has 4 aromatic rings. The molecule has 3 aliphatic carbocycles. The number of hydrogen-bond donors (Lipinski definition) is 1. The molecule has 2 aromatic carbocycles. The fourth-order valence-corrected chi connectivity index (χ4v) is 9.06. The Kier molecular flexibility index (Phi) is 8.80. The highest BCUT2D eigenvalue weighted by atomic mass is 28.4. The third-order valence-electron chi connectivity index (χ3n) is 11.1. The monoisotopic (exact) mass is 707 g/mol. The largest absolute Gasteiger partial charge is 0.507 e. The number of ketones is 2. The Hall–Kier alpha value is -4.58. The molecule has 2 heterocycles. The van der Waals surface area contributed by atoms with Crippen molar-refractivity contribution in [3.05, 3.63) is 112 Å². The Bertz CT molecular complexity index is 2000. The number of carbonyl (C=O) groups is 2. The second-order valence-corrected chi connectivity index (χ2v) is 20.3. The first-order chi connectivity index (χ1) is 24.2. The lowest BCUT2D eigenvalue weighted by Crippen LogP contribution is -2.68. The molecule has 0 saturated heterocycles. The van der Waals surface area contributed by atoms with Crippen LogP contribution in [0.2, 0.25) is 18.1 Å². The molecule has 1 N–H and O–H groups in total. The topological polar surface area (TPSA) is 124 Å². The van der Waals surface area contributed by atoms with E-state index in [-0.39, 0.29) is 41.0 Å². The van der Waals surface area contributed by atoms with Gasteiger partial charge < -0.3 is 23.5 Å². The number of ether oxygens (including phenoxy) is 2. The average molecular weight is 708 g/mol. The quantitative estimate of drug-likeness (QED) is 0.138. The van der Waals surface area contributed by atoms with Gasteiger partial charge in [0.1, 0.15) is 30.3 Å². The third kappa shape index (κ3) is 5.81. The highest BCUT2D eigenvalue weighted by Gasteiger charge is 2.68. The van der Waals surface area contributed by atoms with Crippen LogP contribution in [0.15, 0.2) is 83.2 Å². The molecular weight excluding hydrogens is 663 g/mol. The lowest BCUT2D eigenvalue weighted by atomic mass is 9.57. The summed E-state index contributed by atoms with van der Waals surface area (Å²) in [7, 11) is 0.952. The number of nitrogens with zero attached hydrogens (tertiary/aromatic N) is 3. The molecule has 2 aromatic heterocycles. The molecule has 0 radical (unpaired) electrons. The van der Waals surface area contributed by atoms with Crippen molar-refractivity contribution >= 4 is 25.6 Å². The highest BCUT2D eigenvalue weighted by Crippen LogP contribution is 2.59. The van der Waals surface area contributed by atoms with E-state index in [4.69, 9.17) is 18.4 Å². The maximum atomic E-state index is 15.5. The minimum absolute atomic E-state index is 0.0205. The number of rotatable bonds is 9. The Morgan fingerprint density at radius 3 is 2.16 bits per heavy atom.